The highest BCUT2D eigenvalue weighted by Crippen LogP contribution is 2.26. The van der Waals surface area contributed by atoms with Gasteiger partial charge in [-0.25, -0.2) is 0 Å². The van der Waals surface area contributed by atoms with E-state index in [1.54, 1.807) is 0 Å². The fourth-order valence-electron chi connectivity index (χ4n) is 2.51. The van der Waals surface area contributed by atoms with Gasteiger partial charge in [-0.3, -0.25) is 4.98 Å². The second kappa shape index (κ2) is 6.22. The molecule has 0 unspecified atom stereocenters. The highest BCUT2D eigenvalue weighted by molar-refractivity contribution is 5.70. The number of aryl methyl sites for hydroxylation is 1. The smallest absolute Gasteiger partial charge is 0.0705 e. The molecule has 108 valence electrons. The largest absolute Gasteiger partial charge is 0.252 e. The van der Waals surface area contributed by atoms with Gasteiger partial charge in [-0.2, -0.15) is 0 Å². The zero-order valence-corrected chi connectivity index (χ0v) is 12.9. The molecule has 0 aliphatic heterocycles. The predicted octanol–water partition coefficient (Wildman–Crippen LogP) is 4.69. The Kier molecular flexibility index (Phi) is 3.96. The van der Waals surface area contributed by atoms with Crippen molar-refractivity contribution in [2.45, 2.75) is 6.92 Å². The van der Waals surface area contributed by atoms with E-state index < -0.39 is 0 Å². The fourth-order valence-corrected chi connectivity index (χ4v) is 2.51. The molecule has 0 aliphatic rings. The van der Waals surface area contributed by atoms with E-state index in [-0.39, 0.29) is 0 Å². The number of aromatic nitrogens is 1. The van der Waals surface area contributed by atoms with Crippen LogP contribution in [0.2, 0.25) is 0 Å². The summed E-state index contributed by atoms with van der Waals surface area (Å²) in [5.41, 5.74) is 6.95. The van der Waals surface area contributed by atoms with Crippen LogP contribution in [-0.4, -0.2) is 4.98 Å². The number of pyridine rings is 1. The Morgan fingerprint density at radius 3 is 1.70 bits per heavy atom. The molecule has 0 spiro atoms. The molecular weight excluding hydrogens is 278 g/mol. The Bertz CT molecular complexity index is 918. The summed E-state index contributed by atoms with van der Waals surface area (Å²) in [5.74, 6) is 5.25. The summed E-state index contributed by atoms with van der Waals surface area (Å²) in [7, 11) is 0. The van der Waals surface area contributed by atoms with Crippen LogP contribution in [0.4, 0.5) is 0 Å². The standard InChI is InChI=1S/C22H15N/c1-4-17-6-10-19(11-7-17)21-14-15-22(23-16(21)3)20-12-8-18(5-2)9-13-20/h1-2,6-15H,3H3. The van der Waals surface area contributed by atoms with Gasteiger partial charge in [-0.15, -0.1) is 12.8 Å². The molecule has 3 rings (SSSR count). The van der Waals surface area contributed by atoms with Gasteiger partial charge in [0.2, 0.25) is 0 Å². The second-order valence-electron chi connectivity index (χ2n) is 5.27. The van der Waals surface area contributed by atoms with Crippen molar-refractivity contribution in [3.8, 4) is 47.1 Å². The van der Waals surface area contributed by atoms with Gasteiger partial charge in [0, 0.05) is 27.9 Å². The zero-order valence-electron chi connectivity index (χ0n) is 12.9. The van der Waals surface area contributed by atoms with Crippen molar-refractivity contribution in [1.82, 2.24) is 4.98 Å². The minimum Gasteiger partial charge on any atom is -0.252 e. The lowest BCUT2D eigenvalue weighted by Gasteiger charge is -2.09. The molecule has 23 heavy (non-hydrogen) atoms. The molecule has 0 amide bonds. The molecule has 0 bridgehead atoms. The van der Waals surface area contributed by atoms with E-state index in [1.165, 1.54) is 0 Å². The lowest BCUT2D eigenvalue weighted by molar-refractivity contribution is 1.21. The van der Waals surface area contributed by atoms with Crippen molar-refractivity contribution in [2.24, 2.45) is 0 Å². The molecule has 1 heterocycles. The summed E-state index contributed by atoms with van der Waals surface area (Å²) in [6.07, 6.45) is 10.8. The number of terminal acetylenes is 2. The first-order valence-electron chi connectivity index (χ1n) is 7.33. The van der Waals surface area contributed by atoms with Gasteiger partial charge in [0.15, 0.2) is 0 Å². The number of nitrogens with zero attached hydrogens (tertiary/aromatic N) is 1. The normalized spacial score (nSPS) is 9.87. The Hall–Kier alpha value is -3.29. The summed E-state index contributed by atoms with van der Waals surface area (Å²) >= 11 is 0. The second-order valence-corrected chi connectivity index (χ2v) is 5.27. The highest BCUT2D eigenvalue weighted by atomic mass is 14.7. The molecule has 3 aromatic rings. The average molecular weight is 293 g/mol. The molecule has 2 aromatic carbocycles. The molecule has 0 atom stereocenters. The van der Waals surface area contributed by atoms with Crippen molar-refractivity contribution < 1.29 is 0 Å². The van der Waals surface area contributed by atoms with Crippen LogP contribution in [0.1, 0.15) is 16.8 Å². The van der Waals surface area contributed by atoms with Crippen LogP contribution in [0.25, 0.3) is 22.4 Å². The SMILES string of the molecule is C#Cc1ccc(-c2ccc(-c3ccc(C#C)cc3)c(C)n2)cc1. The lowest BCUT2D eigenvalue weighted by Crippen LogP contribution is -1.91. The maximum Gasteiger partial charge on any atom is 0.0705 e. The van der Waals surface area contributed by atoms with Crippen molar-refractivity contribution in [2.75, 3.05) is 0 Å². The molecule has 0 fully saturated rings. The van der Waals surface area contributed by atoms with Gasteiger partial charge in [0.05, 0.1) is 5.69 Å². The predicted molar refractivity (Wildman–Crippen MR) is 95.7 cm³/mol. The van der Waals surface area contributed by atoms with E-state index in [0.29, 0.717) is 0 Å². The molecule has 0 radical (unpaired) electrons. The summed E-state index contributed by atoms with van der Waals surface area (Å²) in [5, 5.41) is 0. The van der Waals surface area contributed by atoms with Crippen LogP contribution in [0.3, 0.4) is 0 Å². The maximum atomic E-state index is 5.40. The van der Waals surface area contributed by atoms with E-state index in [0.717, 1.165) is 39.2 Å². The van der Waals surface area contributed by atoms with E-state index >= 15 is 0 Å². The van der Waals surface area contributed by atoms with Crippen LogP contribution in [0, 0.1) is 31.6 Å². The Labute approximate surface area is 137 Å². The highest BCUT2D eigenvalue weighted by Gasteiger charge is 2.06. The topological polar surface area (TPSA) is 12.9 Å². The third-order valence-electron chi connectivity index (χ3n) is 3.80. The van der Waals surface area contributed by atoms with Crippen molar-refractivity contribution >= 4 is 0 Å². The first-order valence-corrected chi connectivity index (χ1v) is 7.33. The summed E-state index contributed by atoms with van der Waals surface area (Å²) in [4.78, 5) is 4.73. The summed E-state index contributed by atoms with van der Waals surface area (Å²) in [6.45, 7) is 2.02. The van der Waals surface area contributed by atoms with Gasteiger partial charge in [-0.05, 0) is 42.8 Å². The van der Waals surface area contributed by atoms with E-state index in [9.17, 15) is 0 Å². The van der Waals surface area contributed by atoms with Gasteiger partial charge in [-0.1, -0.05) is 42.2 Å². The Balaban J connectivity index is 1.96. The summed E-state index contributed by atoms with van der Waals surface area (Å²) < 4.78 is 0. The first-order chi connectivity index (χ1) is 11.2. The van der Waals surface area contributed by atoms with Crippen LogP contribution in [0.15, 0.2) is 60.7 Å². The number of rotatable bonds is 2. The number of hydrogen-bond donors (Lipinski definition) is 0. The van der Waals surface area contributed by atoms with E-state index in [4.69, 9.17) is 17.8 Å². The molecule has 0 saturated carbocycles. The third kappa shape index (κ3) is 3.00. The lowest BCUT2D eigenvalue weighted by atomic mass is 10.0. The first kappa shape index (κ1) is 14.6. The third-order valence-corrected chi connectivity index (χ3v) is 3.80. The summed E-state index contributed by atoms with van der Waals surface area (Å²) in [6, 6.07) is 19.9. The van der Waals surface area contributed by atoms with Crippen molar-refractivity contribution in [1.29, 1.82) is 0 Å². The van der Waals surface area contributed by atoms with Gasteiger partial charge in [0.1, 0.15) is 0 Å². The van der Waals surface area contributed by atoms with Gasteiger partial charge < -0.3 is 0 Å². The molecule has 0 aliphatic carbocycles. The minimum absolute atomic E-state index is 0.871. The Morgan fingerprint density at radius 2 is 1.22 bits per heavy atom. The number of benzene rings is 2. The quantitative estimate of drug-likeness (QED) is 0.625. The van der Waals surface area contributed by atoms with Crippen LogP contribution in [0.5, 0.6) is 0 Å². The molecule has 1 aromatic heterocycles. The molecule has 1 nitrogen and oxygen atoms in total. The monoisotopic (exact) mass is 293 g/mol. The fraction of sp³-hybridized carbons (Fsp3) is 0.0455. The zero-order chi connectivity index (χ0) is 16.2. The van der Waals surface area contributed by atoms with E-state index in [2.05, 4.69) is 17.9 Å². The van der Waals surface area contributed by atoms with Crippen molar-refractivity contribution in [3.63, 3.8) is 0 Å². The van der Waals surface area contributed by atoms with Crippen LogP contribution >= 0.6 is 0 Å². The van der Waals surface area contributed by atoms with E-state index in [1.807, 2.05) is 61.5 Å². The van der Waals surface area contributed by atoms with Crippen molar-refractivity contribution in [3.05, 3.63) is 77.5 Å². The van der Waals surface area contributed by atoms with Gasteiger partial charge in [0.25, 0.3) is 0 Å². The molecular formula is C22H15N. The van der Waals surface area contributed by atoms with Gasteiger partial charge >= 0.3 is 0 Å². The molecule has 1 heteroatoms. The van der Waals surface area contributed by atoms with Crippen LogP contribution in [-0.2, 0) is 0 Å². The Morgan fingerprint density at radius 1 is 0.696 bits per heavy atom. The minimum atomic E-state index is 0.871. The number of hydrogen-bond acceptors (Lipinski definition) is 1. The van der Waals surface area contributed by atoms with Crippen LogP contribution < -0.4 is 0 Å². The average Bonchev–Trinajstić information content (AvgIpc) is 2.62. The molecule has 0 N–H and O–H groups in total. The molecule has 0 saturated heterocycles. The maximum absolute atomic E-state index is 5.40.